The van der Waals surface area contributed by atoms with Gasteiger partial charge in [0.1, 0.15) is 10.2 Å². The lowest BCUT2D eigenvalue weighted by molar-refractivity contribution is -0.117. The number of Topliss-reactive ketones (excluding diaryl/α,β-unsaturated/α-hetero) is 1. The number of amides is 1. The van der Waals surface area contributed by atoms with Crippen molar-refractivity contribution >= 4 is 63.8 Å². The number of carbonyl (C=O) groups is 2. The normalized spacial score (nSPS) is 20.5. The Morgan fingerprint density at radius 3 is 2.38 bits per heavy atom. The molecule has 0 saturated heterocycles. The maximum atomic E-state index is 13.3. The molecular weight excluding hydrogens is 423 g/mol. The standard InChI is InChI=1S/C18H12Cl4FNO2/c1-8(25)11-7-10(3-4-12(11)19)24-17(26)16-15(18(16,21)22)9-2-5-14(23)13(20)6-9/h2-7,15-16H,1H3,(H,24,26). The highest BCUT2D eigenvalue weighted by atomic mass is 35.5. The molecule has 1 saturated carbocycles. The van der Waals surface area contributed by atoms with E-state index < -0.39 is 27.9 Å². The average molecular weight is 435 g/mol. The molecule has 0 spiro atoms. The van der Waals surface area contributed by atoms with E-state index >= 15 is 0 Å². The zero-order valence-corrected chi connectivity index (χ0v) is 16.3. The Morgan fingerprint density at radius 2 is 1.77 bits per heavy atom. The number of rotatable bonds is 4. The summed E-state index contributed by atoms with van der Waals surface area (Å²) in [6.45, 7) is 1.38. The first-order valence-electron chi connectivity index (χ1n) is 7.57. The van der Waals surface area contributed by atoms with E-state index in [1.165, 1.54) is 37.3 Å². The Hall–Kier alpha value is -1.33. The van der Waals surface area contributed by atoms with Gasteiger partial charge in [-0.2, -0.15) is 0 Å². The van der Waals surface area contributed by atoms with Crippen molar-refractivity contribution in [3.63, 3.8) is 0 Å². The first-order chi connectivity index (χ1) is 12.1. The lowest BCUT2D eigenvalue weighted by Crippen LogP contribution is -2.17. The Kier molecular flexibility index (Phi) is 5.24. The van der Waals surface area contributed by atoms with Gasteiger partial charge in [0.05, 0.1) is 16.0 Å². The number of hydrogen-bond donors (Lipinski definition) is 1. The first-order valence-corrected chi connectivity index (χ1v) is 9.08. The van der Waals surface area contributed by atoms with Gasteiger partial charge in [0.2, 0.25) is 5.91 Å². The summed E-state index contributed by atoms with van der Waals surface area (Å²) < 4.78 is 12.0. The van der Waals surface area contributed by atoms with Crippen LogP contribution >= 0.6 is 46.4 Å². The van der Waals surface area contributed by atoms with E-state index in [4.69, 9.17) is 46.4 Å². The van der Waals surface area contributed by atoms with Crippen molar-refractivity contribution in [3.8, 4) is 0 Å². The Bertz CT molecular complexity index is 916. The number of ketones is 1. The Morgan fingerprint density at radius 1 is 1.08 bits per heavy atom. The zero-order chi connectivity index (χ0) is 19.2. The van der Waals surface area contributed by atoms with Crippen molar-refractivity contribution in [3.05, 3.63) is 63.4 Å². The predicted octanol–water partition coefficient (Wildman–Crippen LogP) is 5.86. The second kappa shape index (κ2) is 7.01. The molecule has 136 valence electrons. The molecule has 1 fully saturated rings. The van der Waals surface area contributed by atoms with E-state index in [-0.39, 0.29) is 10.8 Å². The third-order valence-corrected chi connectivity index (χ3v) is 5.81. The van der Waals surface area contributed by atoms with Crippen LogP contribution in [0.4, 0.5) is 10.1 Å². The molecule has 2 aromatic carbocycles. The molecular formula is C18H12Cl4FNO2. The fourth-order valence-corrected chi connectivity index (χ4v) is 4.13. The second-order valence-electron chi connectivity index (χ2n) is 6.04. The summed E-state index contributed by atoms with van der Waals surface area (Å²) >= 11 is 24.3. The maximum absolute atomic E-state index is 13.3. The monoisotopic (exact) mass is 433 g/mol. The molecule has 0 aromatic heterocycles. The Labute approximate surface area is 169 Å². The molecule has 1 aliphatic carbocycles. The summed E-state index contributed by atoms with van der Waals surface area (Å²) in [5, 5.41) is 2.91. The number of hydrogen-bond acceptors (Lipinski definition) is 2. The highest BCUT2D eigenvalue weighted by molar-refractivity contribution is 6.53. The summed E-state index contributed by atoms with van der Waals surface area (Å²) in [5.74, 6) is -2.48. The van der Waals surface area contributed by atoms with Crippen LogP contribution in [-0.2, 0) is 4.79 Å². The second-order valence-corrected chi connectivity index (χ2v) is 8.30. The largest absolute Gasteiger partial charge is 0.326 e. The smallest absolute Gasteiger partial charge is 0.231 e. The molecule has 8 heteroatoms. The van der Waals surface area contributed by atoms with Crippen LogP contribution in [0.2, 0.25) is 10.0 Å². The molecule has 1 N–H and O–H groups in total. The molecule has 3 nitrogen and oxygen atoms in total. The topological polar surface area (TPSA) is 46.2 Å². The van der Waals surface area contributed by atoms with E-state index in [2.05, 4.69) is 5.32 Å². The summed E-state index contributed by atoms with van der Waals surface area (Å²) in [6, 6.07) is 8.68. The van der Waals surface area contributed by atoms with Crippen molar-refractivity contribution in [2.45, 2.75) is 17.2 Å². The van der Waals surface area contributed by atoms with E-state index in [9.17, 15) is 14.0 Å². The van der Waals surface area contributed by atoms with Gasteiger partial charge >= 0.3 is 0 Å². The van der Waals surface area contributed by atoms with Crippen molar-refractivity contribution in [1.29, 1.82) is 0 Å². The summed E-state index contributed by atoms with van der Waals surface area (Å²) in [4.78, 5) is 24.2. The van der Waals surface area contributed by atoms with Crippen LogP contribution in [0.15, 0.2) is 36.4 Å². The fraction of sp³-hybridized carbons (Fsp3) is 0.222. The van der Waals surface area contributed by atoms with Gasteiger partial charge < -0.3 is 5.32 Å². The quantitative estimate of drug-likeness (QED) is 0.483. The van der Waals surface area contributed by atoms with E-state index in [0.717, 1.165) is 0 Å². The van der Waals surface area contributed by atoms with Crippen molar-refractivity contribution in [2.24, 2.45) is 5.92 Å². The number of halogens is 5. The van der Waals surface area contributed by atoms with Gasteiger partial charge in [-0.1, -0.05) is 29.3 Å². The van der Waals surface area contributed by atoms with Crippen molar-refractivity contribution in [1.82, 2.24) is 0 Å². The minimum atomic E-state index is -1.33. The molecule has 2 aromatic rings. The highest BCUT2D eigenvalue weighted by Gasteiger charge is 2.67. The molecule has 0 bridgehead atoms. The average Bonchev–Trinajstić information content (AvgIpc) is 3.14. The first kappa shape index (κ1) is 19.4. The summed E-state index contributed by atoms with van der Waals surface area (Å²) in [6.07, 6.45) is 0. The third-order valence-electron chi connectivity index (χ3n) is 4.25. The number of nitrogens with one attached hydrogen (secondary N) is 1. The van der Waals surface area contributed by atoms with Gasteiger partial charge in [0.25, 0.3) is 0 Å². The molecule has 3 rings (SSSR count). The molecule has 0 aliphatic heterocycles. The van der Waals surface area contributed by atoms with E-state index in [1.807, 2.05) is 0 Å². The van der Waals surface area contributed by atoms with Crippen molar-refractivity contribution < 1.29 is 14.0 Å². The maximum Gasteiger partial charge on any atom is 0.231 e. The lowest BCUT2D eigenvalue weighted by atomic mass is 10.1. The lowest BCUT2D eigenvalue weighted by Gasteiger charge is -2.08. The van der Waals surface area contributed by atoms with Gasteiger partial charge in [0, 0.05) is 17.2 Å². The molecule has 26 heavy (non-hydrogen) atoms. The molecule has 2 unspecified atom stereocenters. The number of carbonyl (C=O) groups excluding carboxylic acids is 2. The van der Waals surface area contributed by atoms with Crippen LogP contribution in [0.3, 0.4) is 0 Å². The van der Waals surface area contributed by atoms with Crippen LogP contribution in [-0.4, -0.2) is 16.0 Å². The predicted molar refractivity (Wildman–Crippen MR) is 102 cm³/mol. The van der Waals surface area contributed by atoms with Gasteiger partial charge in [-0.25, -0.2) is 4.39 Å². The molecule has 1 aliphatic rings. The van der Waals surface area contributed by atoms with Crippen LogP contribution < -0.4 is 5.32 Å². The minimum absolute atomic E-state index is 0.0681. The molecule has 1 amide bonds. The number of benzene rings is 2. The summed E-state index contributed by atoms with van der Waals surface area (Å²) in [7, 11) is 0. The van der Waals surface area contributed by atoms with Crippen LogP contribution in [0.5, 0.6) is 0 Å². The SMILES string of the molecule is CC(=O)c1cc(NC(=O)C2C(c3ccc(F)c(Cl)c3)C2(Cl)Cl)ccc1Cl. The van der Waals surface area contributed by atoms with Gasteiger partial charge in [0.15, 0.2) is 5.78 Å². The highest BCUT2D eigenvalue weighted by Crippen LogP contribution is 2.65. The third kappa shape index (κ3) is 3.56. The van der Waals surface area contributed by atoms with Crippen LogP contribution in [0, 0.1) is 11.7 Å². The van der Waals surface area contributed by atoms with Crippen LogP contribution in [0.1, 0.15) is 28.8 Å². The molecule has 2 atom stereocenters. The Balaban J connectivity index is 1.81. The number of anilines is 1. The fourth-order valence-electron chi connectivity index (χ4n) is 2.87. The molecule has 0 heterocycles. The summed E-state index contributed by atoms with van der Waals surface area (Å²) in [5.41, 5.74) is 1.27. The van der Waals surface area contributed by atoms with Crippen LogP contribution in [0.25, 0.3) is 0 Å². The van der Waals surface area contributed by atoms with E-state index in [0.29, 0.717) is 21.8 Å². The number of alkyl halides is 2. The molecule has 0 radical (unpaired) electrons. The van der Waals surface area contributed by atoms with Gasteiger partial charge in [-0.3, -0.25) is 9.59 Å². The van der Waals surface area contributed by atoms with Crippen molar-refractivity contribution in [2.75, 3.05) is 5.32 Å². The zero-order valence-electron chi connectivity index (χ0n) is 13.3. The van der Waals surface area contributed by atoms with Gasteiger partial charge in [-0.05, 0) is 42.8 Å². The van der Waals surface area contributed by atoms with Gasteiger partial charge in [-0.15, -0.1) is 23.2 Å². The minimum Gasteiger partial charge on any atom is -0.326 e. The van der Waals surface area contributed by atoms with E-state index in [1.54, 1.807) is 6.07 Å².